The lowest BCUT2D eigenvalue weighted by atomic mass is 10.1. The van der Waals surface area contributed by atoms with Gasteiger partial charge in [0, 0.05) is 23.1 Å². The van der Waals surface area contributed by atoms with Crippen molar-refractivity contribution in [2.24, 2.45) is 0 Å². The first-order valence-corrected chi connectivity index (χ1v) is 10.8. The third kappa shape index (κ3) is 3.96. The molecule has 0 spiro atoms. The van der Waals surface area contributed by atoms with Crippen molar-refractivity contribution in [2.45, 2.75) is 25.9 Å². The molecule has 1 atom stereocenters. The Hall–Kier alpha value is -4.06. The molecule has 3 aromatic carbocycles. The zero-order valence-electron chi connectivity index (χ0n) is 18.2. The normalized spacial score (nSPS) is 14.6. The van der Waals surface area contributed by atoms with Gasteiger partial charge in [-0.3, -0.25) is 14.2 Å². The lowest BCUT2D eigenvalue weighted by molar-refractivity contribution is -0.136. The standard InChI is InChI=1S/C27H23NO5/c1-17-23(15-26(29)30)22-7-3-4-8-24(22)28(17)27(31)18-10-12-20(13-11-18)32-16-21-14-19-6-2-5-9-25(19)33-21/h2-13,21H,14-16H2,1H3,(H,29,30)/t21-/m0/s1. The van der Waals surface area contributed by atoms with E-state index in [2.05, 4.69) is 6.07 Å². The monoisotopic (exact) mass is 441 g/mol. The van der Waals surface area contributed by atoms with Crippen LogP contribution in [0.5, 0.6) is 11.5 Å². The molecule has 6 heteroatoms. The van der Waals surface area contributed by atoms with Crippen molar-refractivity contribution in [1.82, 2.24) is 4.57 Å². The van der Waals surface area contributed by atoms with Gasteiger partial charge in [0.15, 0.2) is 0 Å². The van der Waals surface area contributed by atoms with Crippen LogP contribution < -0.4 is 9.47 Å². The van der Waals surface area contributed by atoms with Crippen LogP contribution in [0.3, 0.4) is 0 Å². The molecule has 5 rings (SSSR count). The maximum atomic E-state index is 13.3. The largest absolute Gasteiger partial charge is 0.490 e. The molecule has 1 aliphatic rings. The van der Waals surface area contributed by atoms with Crippen molar-refractivity contribution in [3.63, 3.8) is 0 Å². The maximum absolute atomic E-state index is 13.3. The van der Waals surface area contributed by atoms with Gasteiger partial charge in [-0.05, 0) is 54.4 Å². The van der Waals surface area contributed by atoms with Gasteiger partial charge in [-0.25, -0.2) is 0 Å². The number of para-hydroxylation sites is 2. The molecule has 0 radical (unpaired) electrons. The summed E-state index contributed by atoms with van der Waals surface area (Å²) in [6.07, 6.45) is 0.642. The number of fused-ring (bicyclic) bond motifs is 2. The zero-order valence-corrected chi connectivity index (χ0v) is 18.2. The second-order valence-corrected chi connectivity index (χ2v) is 8.18. The van der Waals surface area contributed by atoms with Crippen molar-refractivity contribution in [2.75, 3.05) is 6.61 Å². The average molecular weight is 441 g/mol. The number of aliphatic carboxylic acids is 1. The summed E-state index contributed by atoms with van der Waals surface area (Å²) >= 11 is 0. The molecule has 33 heavy (non-hydrogen) atoms. The highest BCUT2D eigenvalue weighted by atomic mass is 16.5. The van der Waals surface area contributed by atoms with Crippen molar-refractivity contribution in [3.8, 4) is 11.5 Å². The lowest BCUT2D eigenvalue weighted by Gasteiger charge is -2.13. The number of hydrogen-bond donors (Lipinski definition) is 1. The highest BCUT2D eigenvalue weighted by molar-refractivity contribution is 6.04. The minimum absolute atomic E-state index is 0.0368. The third-order valence-corrected chi connectivity index (χ3v) is 6.02. The molecule has 0 saturated carbocycles. The molecule has 1 aliphatic heterocycles. The number of carbonyl (C=O) groups excluding carboxylic acids is 1. The summed E-state index contributed by atoms with van der Waals surface area (Å²) in [5.41, 5.74) is 3.68. The first-order valence-electron chi connectivity index (χ1n) is 10.8. The molecule has 2 heterocycles. The zero-order chi connectivity index (χ0) is 22.9. The van der Waals surface area contributed by atoms with Crippen LogP contribution in [0.1, 0.15) is 27.2 Å². The number of benzene rings is 3. The quantitative estimate of drug-likeness (QED) is 0.471. The minimum Gasteiger partial charge on any atom is -0.490 e. The maximum Gasteiger partial charge on any atom is 0.307 e. The van der Waals surface area contributed by atoms with Gasteiger partial charge in [0.1, 0.15) is 24.2 Å². The Kier molecular flexibility index (Phi) is 5.34. The molecule has 0 fully saturated rings. The molecule has 1 N–H and O–H groups in total. The van der Waals surface area contributed by atoms with Gasteiger partial charge in [0.25, 0.3) is 5.91 Å². The third-order valence-electron chi connectivity index (χ3n) is 6.02. The Morgan fingerprint density at radius 3 is 2.52 bits per heavy atom. The lowest BCUT2D eigenvalue weighted by Crippen LogP contribution is -2.22. The number of ether oxygens (including phenoxy) is 2. The van der Waals surface area contributed by atoms with E-state index in [0.717, 1.165) is 17.6 Å². The number of carboxylic acids is 1. The van der Waals surface area contributed by atoms with E-state index < -0.39 is 5.97 Å². The van der Waals surface area contributed by atoms with E-state index >= 15 is 0 Å². The number of carbonyl (C=O) groups is 2. The number of hydrogen-bond acceptors (Lipinski definition) is 4. The molecule has 4 aromatic rings. The fraction of sp³-hybridized carbons (Fsp3) is 0.185. The Morgan fingerprint density at radius 1 is 1.03 bits per heavy atom. The summed E-state index contributed by atoms with van der Waals surface area (Å²) in [5.74, 6) is 0.432. The van der Waals surface area contributed by atoms with Gasteiger partial charge in [0.05, 0.1) is 11.9 Å². The Morgan fingerprint density at radius 2 is 1.76 bits per heavy atom. The summed E-state index contributed by atoms with van der Waals surface area (Å²) in [4.78, 5) is 24.7. The van der Waals surface area contributed by atoms with Crippen molar-refractivity contribution in [3.05, 3.63) is 95.2 Å². The SMILES string of the molecule is Cc1c(CC(=O)O)c2ccccc2n1C(=O)c1ccc(OC[C@@H]2Cc3ccccc3O2)cc1. The number of aromatic nitrogens is 1. The molecule has 0 amide bonds. The molecule has 0 aliphatic carbocycles. The van der Waals surface area contributed by atoms with E-state index in [1.165, 1.54) is 5.56 Å². The van der Waals surface area contributed by atoms with Crippen molar-refractivity contribution >= 4 is 22.8 Å². The first kappa shape index (κ1) is 20.8. The second kappa shape index (κ2) is 8.47. The van der Waals surface area contributed by atoms with E-state index in [1.807, 2.05) is 42.5 Å². The number of carboxylic acid groups (broad SMARTS) is 1. The van der Waals surface area contributed by atoms with Crippen LogP contribution in [-0.2, 0) is 17.6 Å². The minimum atomic E-state index is -0.927. The van der Waals surface area contributed by atoms with Crippen LogP contribution in [0.4, 0.5) is 0 Å². The number of nitrogens with zero attached hydrogens (tertiary/aromatic N) is 1. The predicted molar refractivity (Wildman–Crippen MR) is 124 cm³/mol. The fourth-order valence-electron chi connectivity index (χ4n) is 4.43. The van der Waals surface area contributed by atoms with Gasteiger partial charge in [0.2, 0.25) is 0 Å². The molecule has 0 saturated heterocycles. The first-order chi connectivity index (χ1) is 16.0. The summed E-state index contributed by atoms with van der Waals surface area (Å²) in [6, 6.07) is 22.4. The molecular weight excluding hydrogens is 418 g/mol. The van der Waals surface area contributed by atoms with Gasteiger partial charge < -0.3 is 14.6 Å². The van der Waals surface area contributed by atoms with Gasteiger partial charge in [-0.2, -0.15) is 0 Å². The molecule has 0 bridgehead atoms. The Balaban J connectivity index is 1.33. The molecule has 166 valence electrons. The summed E-state index contributed by atoms with van der Waals surface area (Å²) in [5, 5.41) is 10.1. The van der Waals surface area contributed by atoms with Crippen LogP contribution in [0.2, 0.25) is 0 Å². The van der Waals surface area contributed by atoms with Crippen LogP contribution >= 0.6 is 0 Å². The van der Waals surface area contributed by atoms with Crippen molar-refractivity contribution in [1.29, 1.82) is 0 Å². The summed E-state index contributed by atoms with van der Waals surface area (Å²) < 4.78 is 13.4. The van der Waals surface area contributed by atoms with Crippen LogP contribution in [0.25, 0.3) is 10.9 Å². The smallest absolute Gasteiger partial charge is 0.307 e. The fourth-order valence-corrected chi connectivity index (χ4v) is 4.43. The summed E-state index contributed by atoms with van der Waals surface area (Å²) in [7, 11) is 0. The second-order valence-electron chi connectivity index (χ2n) is 8.18. The van der Waals surface area contributed by atoms with Crippen LogP contribution in [-0.4, -0.2) is 34.3 Å². The summed E-state index contributed by atoms with van der Waals surface area (Å²) in [6.45, 7) is 2.20. The Labute approximate surface area is 191 Å². The topological polar surface area (TPSA) is 77.8 Å². The average Bonchev–Trinajstić information content (AvgIpc) is 3.36. The molecule has 0 unspecified atom stereocenters. The molecule has 1 aromatic heterocycles. The van der Waals surface area contributed by atoms with Gasteiger partial charge in [-0.15, -0.1) is 0 Å². The number of rotatable bonds is 6. The highest BCUT2D eigenvalue weighted by Crippen LogP contribution is 2.29. The predicted octanol–water partition coefficient (Wildman–Crippen LogP) is 4.65. The Bertz CT molecular complexity index is 1330. The van der Waals surface area contributed by atoms with Gasteiger partial charge in [-0.1, -0.05) is 36.4 Å². The van der Waals surface area contributed by atoms with E-state index in [9.17, 15) is 14.7 Å². The van der Waals surface area contributed by atoms with E-state index in [4.69, 9.17) is 9.47 Å². The van der Waals surface area contributed by atoms with E-state index in [-0.39, 0.29) is 18.4 Å². The van der Waals surface area contributed by atoms with Gasteiger partial charge >= 0.3 is 5.97 Å². The van der Waals surface area contributed by atoms with Crippen LogP contribution in [0.15, 0.2) is 72.8 Å². The highest BCUT2D eigenvalue weighted by Gasteiger charge is 2.23. The molecule has 6 nitrogen and oxygen atoms in total. The molecular formula is C27H23NO5. The van der Waals surface area contributed by atoms with E-state index in [0.29, 0.717) is 34.7 Å². The van der Waals surface area contributed by atoms with E-state index in [1.54, 1.807) is 35.8 Å². The van der Waals surface area contributed by atoms with Crippen LogP contribution in [0, 0.1) is 6.92 Å². The van der Waals surface area contributed by atoms with Crippen molar-refractivity contribution < 1.29 is 24.2 Å².